The first-order valence-corrected chi connectivity index (χ1v) is 18.6. The Hall–Kier alpha value is -6.79. The predicted octanol–water partition coefficient (Wildman–Crippen LogP) is 7.96. The lowest BCUT2D eigenvalue weighted by atomic mass is 9.99. The fraction of sp³-hybridized carbons (Fsp3) is 0.239. The van der Waals surface area contributed by atoms with Crippen molar-refractivity contribution in [1.82, 2.24) is 0 Å². The Morgan fingerprint density at radius 3 is 1.91 bits per heavy atom. The van der Waals surface area contributed by atoms with Gasteiger partial charge < -0.3 is 43.0 Å². The summed E-state index contributed by atoms with van der Waals surface area (Å²) in [6.07, 6.45) is 9.49. The number of rotatable bonds is 22. The molecule has 58 heavy (non-hydrogen) atoms. The van der Waals surface area contributed by atoms with Crippen LogP contribution in [0.4, 0.5) is 0 Å². The van der Waals surface area contributed by atoms with Crippen LogP contribution in [-0.2, 0) is 35.2 Å². The normalized spacial score (nSPS) is 12.6. The standard InChI is InChI=1S/C46H46O12/c1-5-44(48)55-22-7-20-53-41-16-9-32(25-34(41)29-47)11-18-46(50)58-36-13-15-38-37-14-12-35(27-39(37)31(3)40(38)28-36)57-30-52-24-19-33-10-17-42(43(26-33)51-4)54-21-8-23-56-45(49)6-2/h5-6,9-19,24-28,31,47H,1-2,7-8,20-23,29-30H2,3-4H3. The molecule has 0 amide bonds. The van der Waals surface area contributed by atoms with Gasteiger partial charge in [0.15, 0.2) is 11.5 Å². The van der Waals surface area contributed by atoms with Crippen LogP contribution >= 0.6 is 0 Å². The quantitative estimate of drug-likeness (QED) is 0.0206. The summed E-state index contributed by atoms with van der Waals surface area (Å²) in [5, 5.41) is 9.85. The van der Waals surface area contributed by atoms with E-state index in [1.807, 2.05) is 42.5 Å². The lowest BCUT2D eigenvalue weighted by Crippen LogP contribution is -2.07. The number of ether oxygens (including phenoxy) is 8. The molecule has 4 aromatic rings. The van der Waals surface area contributed by atoms with Gasteiger partial charge in [0.2, 0.25) is 6.79 Å². The zero-order valence-corrected chi connectivity index (χ0v) is 32.5. The summed E-state index contributed by atoms with van der Waals surface area (Å²) in [7, 11) is 1.56. The summed E-state index contributed by atoms with van der Waals surface area (Å²) in [5.74, 6) is 1.22. The number of fused-ring (bicyclic) bond motifs is 3. The summed E-state index contributed by atoms with van der Waals surface area (Å²) in [4.78, 5) is 35.1. The number of hydrogen-bond donors (Lipinski definition) is 1. The molecule has 12 heteroatoms. The van der Waals surface area contributed by atoms with Crippen LogP contribution in [-0.4, -0.2) is 63.3 Å². The van der Waals surface area contributed by atoms with Crippen molar-refractivity contribution >= 4 is 30.1 Å². The highest BCUT2D eigenvalue weighted by molar-refractivity contribution is 5.89. The minimum absolute atomic E-state index is 0.00514. The smallest absolute Gasteiger partial charge is 0.336 e. The van der Waals surface area contributed by atoms with E-state index in [2.05, 4.69) is 20.1 Å². The van der Waals surface area contributed by atoms with Crippen LogP contribution < -0.4 is 23.7 Å². The molecule has 12 nitrogen and oxygen atoms in total. The second kappa shape index (κ2) is 21.5. The summed E-state index contributed by atoms with van der Waals surface area (Å²) >= 11 is 0. The van der Waals surface area contributed by atoms with Crippen molar-refractivity contribution in [2.45, 2.75) is 32.3 Å². The SMILES string of the molecule is C=CC(=O)OCCCOc1ccc(C=CC(=O)Oc2ccc3c(c2)C(C)c2cc(OCOC=Cc4ccc(OCCCOC(=O)C=C)c(OC)c4)ccc2-3)cc1CO. The number of carbonyl (C=O) groups excluding carboxylic acids is 3. The first kappa shape index (κ1) is 42.4. The largest absolute Gasteiger partial charge is 0.493 e. The van der Waals surface area contributed by atoms with E-state index in [4.69, 9.17) is 37.9 Å². The Labute approximate surface area is 337 Å². The number of methoxy groups -OCH3 is 1. The van der Waals surface area contributed by atoms with E-state index in [0.717, 1.165) is 40.0 Å². The minimum Gasteiger partial charge on any atom is -0.493 e. The maximum Gasteiger partial charge on any atom is 0.336 e. The minimum atomic E-state index is -0.546. The van der Waals surface area contributed by atoms with Gasteiger partial charge in [0.05, 0.1) is 46.4 Å². The molecule has 0 aromatic heterocycles. The van der Waals surface area contributed by atoms with Gasteiger partial charge in [0, 0.05) is 42.6 Å². The van der Waals surface area contributed by atoms with Crippen LogP contribution in [0, 0.1) is 0 Å². The molecule has 0 radical (unpaired) electrons. The molecule has 0 saturated carbocycles. The van der Waals surface area contributed by atoms with Gasteiger partial charge in [0.25, 0.3) is 0 Å². The summed E-state index contributed by atoms with van der Waals surface area (Å²) in [5.41, 5.74) is 6.32. The maximum atomic E-state index is 12.8. The molecule has 0 aliphatic heterocycles. The highest BCUT2D eigenvalue weighted by Gasteiger charge is 2.26. The fourth-order valence-corrected chi connectivity index (χ4v) is 6.01. The first-order valence-electron chi connectivity index (χ1n) is 18.6. The molecule has 0 fully saturated rings. The summed E-state index contributed by atoms with van der Waals surface area (Å²) in [6.45, 7) is 9.62. The van der Waals surface area contributed by atoms with Gasteiger partial charge in [0.1, 0.15) is 17.2 Å². The van der Waals surface area contributed by atoms with Gasteiger partial charge in [-0.3, -0.25) is 0 Å². The van der Waals surface area contributed by atoms with Gasteiger partial charge in [-0.2, -0.15) is 0 Å². The highest BCUT2D eigenvalue weighted by atomic mass is 16.7. The Balaban J connectivity index is 1.09. The maximum absolute atomic E-state index is 12.8. The zero-order chi connectivity index (χ0) is 41.3. The van der Waals surface area contributed by atoms with Crippen LogP contribution in [0.1, 0.15) is 53.5 Å². The number of aliphatic hydroxyl groups is 1. The number of carbonyl (C=O) groups is 3. The van der Waals surface area contributed by atoms with E-state index in [0.29, 0.717) is 65.9 Å². The van der Waals surface area contributed by atoms with Crippen molar-refractivity contribution in [3.05, 3.63) is 138 Å². The third-order valence-corrected chi connectivity index (χ3v) is 8.91. The van der Waals surface area contributed by atoms with Crippen molar-refractivity contribution in [3.8, 4) is 39.9 Å². The van der Waals surface area contributed by atoms with Crippen LogP contribution in [0.2, 0.25) is 0 Å². The van der Waals surface area contributed by atoms with Gasteiger partial charge >= 0.3 is 17.9 Å². The third-order valence-electron chi connectivity index (χ3n) is 8.91. The molecule has 302 valence electrons. The number of esters is 3. The first-order chi connectivity index (χ1) is 28.2. The summed E-state index contributed by atoms with van der Waals surface area (Å²) < 4.78 is 44.0. The second-order valence-corrected chi connectivity index (χ2v) is 12.8. The van der Waals surface area contributed by atoms with Crippen molar-refractivity contribution in [2.75, 3.05) is 40.3 Å². The average molecular weight is 791 g/mol. The molecule has 0 bridgehead atoms. The fourth-order valence-electron chi connectivity index (χ4n) is 6.01. The van der Waals surface area contributed by atoms with E-state index in [9.17, 15) is 19.5 Å². The van der Waals surface area contributed by atoms with Crippen molar-refractivity contribution in [1.29, 1.82) is 0 Å². The topological polar surface area (TPSA) is 145 Å². The van der Waals surface area contributed by atoms with Gasteiger partial charge in [-0.25, -0.2) is 14.4 Å². The number of aliphatic hydroxyl groups excluding tert-OH is 1. The Morgan fingerprint density at radius 1 is 0.672 bits per heavy atom. The second-order valence-electron chi connectivity index (χ2n) is 12.8. The van der Waals surface area contributed by atoms with Crippen LogP contribution in [0.25, 0.3) is 23.3 Å². The Kier molecular flexibility index (Phi) is 15.7. The van der Waals surface area contributed by atoms with Crippen molar-refractivity contribution in [2.24, 2.45) is 0 Å². The molecule has 1 unspecified atom stereocenters. The van der Waals surface area contributed by atoms with Crippen molar-refractivity contribution < 1.29 is 57.4 Å². The average Bonchev–Trinajstić information content (AvgIpc) is 3.52. The van der Waals surface area contributed by atoms with Crippen LogP contribution in [0.3, 0.4) is 0 Å². The van der Waals surface area contributed by atoms with E-state index >= 15 is 0 Å². The molecule has 1 aliphatic carbocycles. The third kappa shape index (κ3) is 11.9. The number of hydrogen-bond acceptors (Lipinski definition) is 12. The van der Waals surface area contributed by atoms with E-state index < -0.39 is 17.9 Å². The van der Waals surface area contributed by atoms with Gasteiger partial charge in [-0.05, 0) is 94.1 Å². The van der Waals surface area contributed by atoms with Crippen LogP contribution in [0.15, 0.2) is 110 Å². The van der Waals surface area contributed by atoms with E-state index in [1.165, 1.54) is 6.08 Å². The van der Waals surface area contributed by atoms with E-state index in [1.54, 1.807) is 55.9 Å². The van der Waals surface area contributed by atoms with E-state index in [-0.39, 0.29) is 32.5 Å². The molecule has 0 spiro atoms. The lowest BCUT2D eigenvalue weighted by molar-refractivity contribution is -0.138. The number of benzene rings is 4. The molecule has 4 aromatic carbocycles. The molecule has 0 heterocycles. The van der Waals surface area contributed by atoms with Gasteiger partial charge in [-0.1, -0.05) is 44.3 Å². The molecule has 5 rings (SSSR count). The molecular formula is C46H46O12. The van der Waals surface area contributed by atoms with Crippen LogP contribution in [0.5, 0.6) is 28.7 Å². The summed E-state index contributed by atoms with van der Waals surface area (Å²) in [6, 6.07) is 22.2. The Morgan fingerprint density at radius 2 is 1.28 bits per heavy atom. The lowest BCUT2D eigenvalue weighted by Gasteiger charge is -2.11. The molecule has 1 aliphatic rings. The predicted molar refractivity (Wildman–Crippen MR) is 218 cm³/mol. The van der Waals surface area contributed by atoms with Crippen molar-refractivity contribution in [3.63, 3.8) is 0 Å². The monoisotopic (exact) mass is 790 g/mol. The van der Waals surface area contributed by atoms with Gasteiger partial charge in [-0.15, -0.1) is 0 Å². The molecule has 0 saturated heterocycles. The zero-order valence-electron chi connectivity index (χ0n) is 32.5. The highest BCUT2D eigenvalue weighted by Crippen LogP contribution is 2.47. The molecule has 1 N–H and O–H groups in total. The molecule has 1 atom stereocenters. The Bertz CT molecular complexity index is 2150. The molecular weight excluding hydrogens is 744 g/mol.